The largest absolute Gasteiger partial charge is 0.468 e. The Hall–Kier alpha value is -3.23. The second-order valence-corrected chi connectivity index (χ2v) is 8.36. The van der Waals surface area contributed by atoms with E-state index in [4.69, 9.17) is 9.47 Å². The second kappa shape index (κ2) is 8.25. The van der Waals surface area contributed by atoms with Crippen molar-refractivity contribution < 1.29 is 23.9 Å². The van der Waals surface area contributed by atoms with Crippen LogP contribution in [0.15, 0.2) is 47.8 Å². The number of nitrogens with zero attached hydrogens (tertiary/aromatic N) is 1. The third kappa shape index (κ3) is 3.34. The predicted molar refractivity (Wildman–Crippen MR) is 117 cm³/mol. The maximum absolute atomic E-state index is 12.2. The number of esters is 2. The highest BCUT2D eigenvalue weighted by Gasteiger charge is 2.27. The average molecular weight is 440 g/mol. The van der Waals surface area contributed by atoms with Gasteiger partial charge in [-0.1, -0.05) is 30.3 Å². The lowest BCUT2D eigenvalue weighted by molar-refractivity contribution is -0.141. The molecule has 0 aliphatic carbocycles. The van der Waals surface area contributed by atoms with Crippen molar-refractivity contribution in [2.75, 3.05) is 14.2 Å². The van der Waals surface area contributed by atoms with Crippen molar-refractivity contribution in [3.05, 3.63) is 58.3 Å². The molecule has 0 bridgehead atoms. The van der Waals surface area contributed by atoms with Gasteiger partial charge in [-0.3, -0.25) is 9.59 Å². The van der Waals surface area contributed by atoms with E-state index in [1.54, 1.807) is 12.1 Å². The number of hydrogen-bond acceptors (Lipinski definition) is 7. The van der Waals surface area contributed by atoms with E-state index < -0.39 is 11.9 Å². The van der Waals surface area contributed by atoms with Crippen LogP contribution in [-0.2, 0) is 20.8 Å². The SMILES string of the molecule is COC(=O)Cn1c(-c2sccc2C=O)c(-c2ccccc2)c2sc(C(=O)OC)cc21. The Balaban J connectivity index is 2.11. The van der Waals surface area contributed by atoms with Gasteiger partial charge in [-0.15, -0.1) is 22.7 Å². The zero-order chi connectivity index (χ0) is 21.3. The molecular weight excluding hydrogens is 422 g/mol. The van der Waals surface area contributed by atoms with E-state index in [0.717, 1.165) is 32.7 Å². The molecule has 0 saturated carbocycles. The lowest BCUT2D eigenvalue weighted by atomic mass is 10.0. The molecule has 6 nitrogen and oxygen atoms in total. The van der Waals surface area contributed by atoms with Crippen molar-refractivity contribution in [1.29, 1.82) is 0 Å². The minimum Gasteiger partial charge on any atom is -0.468 e. The molecule has 0 amide bonds. The number of hydrogen-bond donors (Lipinski definition) is 0. The first-order chi connectivity index (χ1) is 14.6. The first kappa shape index (κ1) is 20.1. The Morgan fingerprint density at radius 1 is 1.10 bits per heavy atom. The van der Waals surface area contributed by atoms with Crippen LogP contribution in [0.25, 0.3) is 31.9 Å². The fourth-order valence-electron chi connectivity index (χ4n) is 3.40. The van der Waals surface area contributed by atoms with Gasteiger partial charge in [-0.05, 0) is 23.1 Å². The van der Waals surface area contributed by atoms with Crippen molar-refractivity contribution >= 4 is 51.1 Å². The maximum Gasteiger partial charge on any atom is 0.348 e. The summed E-state index contributed by atoms with van der Waals surface area (Å²) in [4.78, 5) is 37.3. The summed E-state index contributed by atoms with van der Waals surface area (Å²) in [5.41, 5.74) is 3.79. The third-order valence-corrected chi connectivity index (χ3v) is 6.80. The van der Waals surface area contributed by atoms with Gasteiger partial charge in [0.15, 0.2) is 6.29 Å². The number of aromatic nitrogens is 1. The lowest BCUT2D eigenvalue weighted by Crippen LogP contribution is -2.12. The van der Waals surface area contributed by atoms with Crippen LogP contribution in [0, 0.1) is 0 Å². The number of carbonyl (C=O) groups is 3. The Morgan fingerprint density at radius 3 is 2.53 bits per heavy atom. The molecule has 8 heteroatoms. The van der Waals surface area contributed by atoms with E-state index in [2.05, 4.69) is 0 Å². The van der Waals surface area contributed by atoms with Crippen molar-refractivity contribution in [1.82, 2.24) is 4.57 Å². The number of rotatable bonds is 6. The van der Waals surface area contributed by atoms with Gasteiger partial charge in [-0.2, -0.15) is 0 Å². The van der Waals surface area contributed by atoms with Gasteiger partial charge in [0.25, 0.3) is 0 Å². The van der Waals surface area contributed by atoms with Crippen LogP contribution in [0.5, 0.6) is 0 Å². The fourth-order valence-corrected chi connectivity index (χ4v) is 5.47. The van der Waals surface area contributed by atoms with Gasteiger partial charge in [-0.25, -0.2) is 4.79 Å². The molecule has 1 aromatic carbocycles. The number of aldehydes is 1. The van der Waals surface area contributed by atoms with Gasteiger partial charge >= 0.3 is 11.9 Å². The molecule has 3 heterocycles. The maximum atomic E-state index is 12.2. The zero-order valence-corrected chi connectivity index (χ0v) is 17.8. The quantitative estimate of drug-likeness (QED) is 0.316. The monoisotopic (exact) mass is 439 g/mol. The van der Waals surface area contributed by atoms with E-state index in [1.807, 2.05) is 40.3 Å². The van der Waals surface area contributed by atoms with Gasteiger partial charge in [0.05, 0.1) is 35.0 Å². The van der Waals surface area contributed by atoms with Crippen LogP contribution in [0.1, 0.15) is 20.0 Å². The lowest BCUT2D eigenvalue weighted by Gasteiger charge is -2.11. The normalized spacial score (nSPS) is 10.9. The molecule has 0 aliphatic rings. The third-order valence-electron chi connectivity index (χ3n) is 4.74. The summed E-state index contributed by atoms with van der Waals surface area (Å²) < 4.78 is 12.4. The van der Waals surface area contributed by atoms with Crippen LogP contribution in [-0.4, -0.2) is 37.0 Å². The molecule has 0 fully saturated rings. The van der Waals surface area contributed by atoms with Gasteiger partial charge in [0.1, 0.15) is 11.4 Å². The summed E-state index contributed by atoms with van der Waals surface area (Å²) >= 11 is 2.73. The topological polar surface area (TPSA) is 74.6 Å². The standard InChI is InChI=1S/C22H17NO5S2/c1-27-17(25)11-23-15-10-16(22(26)28-2)30-21(15)18(13-6-4-3-5-7-13)19(23)20-14(12-24)8-9-29-20/h3-10,12H,11H2,1-2H3. The molecule has 0 radical (unpaired) electrons. The summed E-state index contributed by atoms with van der Waals surface area (Å²) in [6.45, 7) is -0.0529. The summed E-state index contributed by atoms with van der Waals surface area (Å²) in [5, 5.41) is 1.84. The highest BCUT2D eigenvalue weighted by molar-refractivity contribution is 7.21. The van der Waals surface area contributed by atoms with Crippen LogP contribution in [0.2, 0.25) is 0 Å². The molecule has 0 atom stereocenters. The van der Waals surface area contributed by atoms with Crippen LogP contribution in [0.3, 0.4) is 0 Å². The average Bonchev–Trinajstić information content (AvgIpc) is 3.48. The van der Waals surface area contributed by atoms with E-state index in [9.17, 15) is 14.4 Å². The van der Waals surface area contributed by atoms with E-state index in [-0.39, 0.29) is 6.54 Å². The summed E-state index contributed by atoms with van der Waals surface area (Å²) in [6.07, 6.45) is 0.810. The molecule has 3 aromatic heterocycles. The first-order valence-electron chi connectivity index (χ1n) is 8.98. The summed E-state index contributed by atoms with van der Waals surface area (Å²) in [5.74, 6) is -0.867. The van der Waals surface area contributed by atoms with E-state index in [1.165, 1.54) is 36.9 Å². The molecule has 0 saturated heterocycles. The Morgan fingerprint density at radius 2 is 1.87 bits per heavy atom. The van der Waals surface area contributed by atoms with E-state index in [0.29, 0.717) is 16.0 Å². The number of carbonyl (C=O) groups excluding carboxylic acids is 3. The van der Waals surface area contributed by atoms with Crippen molar-refractivity contribution in [2.24, 2.45) is 0 Å². The fraction of sp³-hybridized carbons (Fsp3) is 0.136. The van der Waals surface area contributed by atoms with Crippen molar-refractivity contribution in [2.45, 2.75) is 6.54 Å². The highest BCUT2D eigenvalue weighted by Crippen LogP contribution is 2.46. The number of methoxy groups -OCH3 is 2. The summed E-state index contributed by atoms with van der Waals surface area (Å²) in [7, 11) is 2.66. The first-order valence-corrected chi connectivity index (χ1v) is 10.7. The number of benzene rings is 1. The van der Waals surface area contributed by atoms with E-state index >= 15 is 0 Å². The zero-order valence-electron chi connectivity index (χ0n) is 16.2. The molecular formula is C22H17NO5S2. The molecule has 0 unspecified atom stereocenters. The van der Waals surface area contributed by atoms with Crippen LogP contribution < -0.4 is 0 Å². The highest BCUT2D eigenvalue weighted by atomic mass is 32.1. The molecule has 0 N–H and O–H groups in total. The molecule has 4 rings (SSSR count). The van der Waals surface area contributed by atoms with Crippen LogP contribution >= 0.6 is 22.7 Å². The van der Waals surface area contributed by atoms with Gasteiger partial charge in [0, 0.05) is 11.1 Å². The number of thiophene rings is 2. The van der Waals surface area contributed by atoms with Crippen molar-refractivity contribution in [3.8, 4) is 21.7 Å². The van der Waals surface area contributed by atoms with Gasteiger partial charge < -0.3 is 14.0 Å². The second-order valence-electron chi connectivity index (χ2n) is 6.39. The molecule has 0 aliphatic heterocycles. The number of ether oxygens (including phenoxy) is 2. The Bertz CT molecular complexity index is 1250. The van der Waals surface area contributed by atoms with Gasteiger partial charge in [0.2, 0.25) is 0 Å². The smallest absolute Gasteiger partial charge is 0.348 e. The Kier molecular flexibility index (Phi) is 5.52. The summed E-state index contributed by atoms with van der Waals surface area (Å²) in [6, 6.07) is 13.2. The predicted octanol–water partition coefficient (Wildman–Crippen LogP) is 4.87. The molecule has 152 valence electrons. The minimum atomic E-state index is -0.439. The molecule has 30 heavy (non-hydrogen) atoms. The minimum absolute atomic E-state index is 0.0529. The molecule has 4 aromatic rings. The van der Waals surface area contributed by atoms with Crippen molar-refractivity contribution in [3.63, 3.8) is 0 Å². The molecule has 0 spiro atoms. The number of fused-ring (bicyclic) bond motifs is 1. The Labute approximate surface area is 180 Å². The van der Waals surface area contributed by atoms with Crippen LogP contribution in [0.4, 0.5) is 0 Å².